The van der Waals surface area contributed by atoms with Gasteiger partial charge < -0.3 is 41.4 Å². The summed E-state index contributed by atoms with van der Waals surface area (Å²) in [5.41, 5.74) is 2.21. The maximum Gasteiger partial charge on any atom is 0.422 e. The maximum absolute atomic E-state index is 13.4. The Morgan fingerprint density at radius 3 is 2.29 bits per heavy atom. The molecule has 1 aliphatic heterocycles. The smallest absolute Gasteiger partial charge is 0.422 e. The van der Waals surface area contributed by atoms with Crippen LogP contribution in [0.1, 0.15) is 60.9 Å². The highest BCUT2D eigenvalue weighted by Gasteiger charge is 2.45. The van der Waals surface area contributed by atoms with Crippen LogP contribution >= 0.6 is 11.6 Å². The van der Waals surface area contributed by atoms with Crippen molar-refractivity contribution in [3.63, 3.8) is 0 Å². The fourth-order valence-electron chi connectivity index (χ4n) is 6.15. The van der Waals surface area contributed by atoms with Crippen molar-refractivity contribution in [3.8, 4) is 6.01 Å². The minimum atomic E-state index is -4.61. The van der Waals surface area contributed by atoms with Gasteiger partial charge in [0.2, 0.25) is 23.6 Å². The normalized spacial score (nSPS) is 18.1. The van der Waals surface area contributed by atoms with Crippen molar-refractivity contribution in [2.75, 3.05) is 50.1 Å². The molecule has 0 bridgehead atoms. The average molecular weight is 798 g/mol. The molecule has 56 heavy (non-hydrogen) atoms. The number of carbonyl (C=O) groups excluding carboxylic acids is 3. The fraction of sp³-hybridized carbons (Fsp3) is 0.474. The molecule has 0 saturated heterocycles. The lowest BCUT2D eigenvalue weighted by Crippen LogP contribution is -2.48. The van der Waals surface area contributed by atoms with E-state index in [0.29, 0.717) is 47.0 Å². The van der Waals surface area contributed by atoms with Crippen LogP contribution in [0, 0.1) is 11.8 Å². The largest absolute Gasteiger partial charge is 0.454 e. The SMILES string of the molecule is O=C1COCC(NCC[C@H](NC(=O)c2ccc(Nc3nc(NC4(c5ccc(Cl)cc5)CC4)nc(OCC(F)(F)F)n3)cc2)C(=O)NCC2CC2)=C1NCC1CC1. The van der Waals surface area contributed by atoms with Gasteiger partial charge in [0.1, 0.15) is 18.3 Å². The number of ketones is 1. The molecule has 1 aromatic heterocycles. The molecule has 2 heterocycles. The molecular weight excluding hydrogens is 755 g/mol. The Balaban J connectivity index is 1.01. The second-order valence-electron chi connectivity index (χ2n) is 14.6. The molecule has 14 nitrogen and oxygen atoms in total. The van der Waals surface area contributed by atoms with Crippen molar-refractivity contribution >= 4 is 46.8 Å². The number of hydrogen-bond donors (Lipinski definition) is 6. The summed E-state index contributed by atoms with van der Waals surface area (Å²) < 4.78 is 49.4. The Morgan fingerprint density at radius 1 is 0.911 bits per heavy atom. The van der Waals surface area contributed by atoms with Gasteiger partial charge in [0.15, 0.2) is 6.61 Å². The molecule has 3 aromatic rings. The van der Waals surface area contributed by atoms with Crippen molar-refractivity contribution < 1.29 is 37.0 Å². The number of anilines is 3. The van der Waals surface area contributed by atoms with E-state index in [-0.39, 0.29) is 48.8 Å². The minimum absolute atomic E-state index is 0.00570. The number of nitrogens with one attached hydrogen (secondary N) is 6. The number of halogens is 4. The van der Waals surface area contributed by atoms with Gasteiger partial charge in [-0.3, -0.25) is 14.4 Å². The van der Waals surface area contributed by atoms with E-state index in [1.54, 1.807) is 24.3 Å². The third kappa shape index (κ3) is 11.0. The van der Waals surface area contributed by atoms with Crippen molar-refractivity contribution in [1.82, 2.24) is 36.2 Å². The van der Waals surface area contributed by atoms with Gasteiger partial charge in [0, 0.05) is 35.9 Å². The standard InChI is InChI=1S/C38H43ClF3N9O5/c39-26-9-7-25(8-10-26)37(14-15-37)51-35-48-34(49-36(50-35)56-21-38(40,41)42)46-27-11-5-24(6-12-27)32(53)47-28(33(54)45-18-23-3-4-23)13-16-43-29-19-55-20-30(52)31(29)44-17-22-1-2-22/h5-12,22-23,28,43-44H,1-4,13-21H2,(H,45,54)(H,47,53)(H2,46,48,49,50,51)/t28-/m0/s1. The number of ether oxygens (including phenoxy) is 2. The van der Waals surface area contributed by atoms with Gasteiger partial charge in [0.05, 0.1) is 17.8 Å². The van der Waals surface area contributed by atoms with Gasteiger partial charge in [-0.1, -0.05) is 23.7 Å². The summed E-state index contributed by atoms with van der Waals surface area (Å²) in [7, 11) is 0. The van der Waals surface area contributed by atoms with Crippen LogP contribution in [0.4, 0.5) is 30.8 Å². The van der Waals surface area contributed by atoms with Gasteiger partial charge >= 0.3 is 12.2 Å². The molecule has 3 saturated carbocycles. The lowest BCUT2D eigenvalue weighted by atomic mass is 10.1. The molecule has 4 aliphatic rings. The van der Waals surface area contributed by atoms with Crippen LogP contribution in [0.5, 0.6) is 6.01 Å². The first-order valence-electron chi connectivity index (χ1n) is 18.7. The Morgan fingerprint density at radius 2 is 1.61 bits per heavy atom. The van der Waals surface area contributed by atoms with Crippen LogP contribution in [0.2, 0.25) is 5.02 Å². The summed E-state index contributed by atoms with van der Waals surface area (Å²) in [6.07, 6.45) is 1.47. The highest BCUT2D eigenvalue weighted by atomic mass is 35.5. The molecule has 3 fully saturated rings. The third-order valence-electron chi connectivity index (χ3n) is 9.86. The summed E-state index contributed by atoms with van der Waals surface area (Å²) in [4.78, 5) is 51.8. The van der Waals surface area contributed by atoms with E-state index >= 15 is 0 Å². The van der Waals surface area contributed by atoms with Crippen molar-refractivity contribution in [2.45, 2.75) is 62.7 Å². The second-order valence-corrected chi connectivity index (χ2v) is 15.0. The highest BCUT2D eigenvalue weighted by molar-refractivity contribution is 6.30. The van der Waals surface area contributed by atoms with E-state index in [0.717, 1.165) is 50.6 Å². The number of rotatable bonds is 19. The van der Waals surface area contributed by atoms with Crippen LogP contribution in [0.25, 0.3) is 0 Å². The van der Waals surface area contributed by atoms with Gasteiger partial charge in [-0.15, -0.1) is 0 Å². The van der Waals surface area contributed by atoms with Crippen molar-refractivity contribution in [1.29, 1.82) is 0 Å². The number of Topliss-reactive ketones (excluding diaryl/α,β-unsaturated/α-hetero) is 1. The van der Waals surface area contributed by atoms with E-state index < -0.39 is 36.3 Å². The van der Waals surface area contributed by atoms with E-state index in [4.69, 9.17) is 21.1 Å². The number of benzene rings is 2. The van der Waals surface area contributed by atoms with Gasteiger partial charge in [-0.05, 0) is 98.7 Å². The van der Waals surface area contributed by atoms with E-state index in [9.17, 15) is 27.6 Å². The Bertz CT molecular complexity index is 1940. The molecule has 2 aromatic carbocycles. The van der Waals surface area contributed by atoms with E-state index in [1.165, 1.54) is 12.1 Å². The third-order valence-corrected chi connectivity index (χ3v) is 10.1. The quantitative estimate of drug-likeness (QED) is 0.0984. The summed E-state index contributed by atoms with van der Waals surface area (Å²) in [5, 5.41) is 19.0. The van der Waals surface area contributed by atoms with Crippen LogP contribution in [-0.2, 0) is 19.9 Å². The predicted octanol–water partition coefficient (Wildman–Crippen LogP) is 4.73. The Hall–Kier alpha value is -5.16. The van der Waals surface area contributed by atoms with E-state index in [1.807, 2.05) is 12.1 Å². The highest BCUT2D eigenvalue weighted by Crippen LogP contribution is 2.48. The predicted molar refractivity (Wildman–Crippen MR) is 200 cm³/mol. The zero-order valence-corrected chi connectivity index (χ0v) is 31.2. The molecule has 6 N–H and O–H groups in total. The Kier molecular flexibility index (Phi) is 11.8. The zero-order chi connectivity index (χ0) is 39.3. The molecule has 7 rings (SSSR count). The topological polar surface area (TPSA) is 181 Å². The number of hydrogen-bond acceptors (Lipinski definition) is 12. The number of alkyl halides is 3. The molecule has 0 unspecified atom stereocenters. The first kappa shape index (κ1) is 39.1. The lowest BCUT2D eigenvalue weighted by Gasteiger charge is -2.24. The molecule has 2 amide bonds. The van der Waals surface area contributed by atoms with Crippen molar-refractivity contribution in [3.05, 3.63) is 76.1 Å². The van der Waals surface area contributed by atoms with Crippen molar-refractivity contribution in [2.24, 2.45) is 11.8 Å². The number of amides is 2. The first-order valence-corrected chi connectivity index (χ1v) is 19.1. The van der Waals surface area contributed by atoms with Gasteiger partial charge in [0.25, 0.3) is 5.91 Å². The summed E-state index contributed by atoms with van der Waals surface area (Å²) >= 11 is 6.06. The van der Waals surface area contributed by atoms with Crippen LogP contribution in [0.15, 0.2) is 59.9 Å². The summed E-state index contributed by atoms with van der Waals surface area (Å²) in [6, 6.07) is 12.0. The van der Waals surface area contributed by atoms with Crippen LogP contribution in [0.3, 0.4) is 0 Å². The average Bonchev–Trinajstić information content (AvgIpc) is 4.02. The number of aromatic nitrogens is 3. The van der Waals surface area contributed by atoms with E-state index in [2.05, 4.69) is 46.9 Å². The number of nitrogens with zero attached hydrogens (tertiary/aromatic N) is 3. The Labute approximate surface area is 326 Å². The molecule has 0 radical (unpaired) electrons. The van der Waals surface area contributed by atoms with Crippen LogP contribution < -0.4 is 36.6 Å². The first-order chi connectivity index (χ1) is 26.9. The second kappa shape index (κ2) is 16.9. The summed E-state index contributed by atoms with van der Waals surface area (Å²) in [5.74, 6) is -0.00807. The summed E-state index contributed by atoms with van der Waals surface area (Å²) in [6.45, 7) is 0.191. The molecule has 3 aliphatic carbocycles. The van der Waals surface area contributed by atoms with Gasteiger partial charge in [-0.2, -0.15) is 28.1 Å². The minimum Gasteiger partial charge on any atom is -0.454 e. The monoisotopic (exact) mass is 797 g/mol. The fourth-order valence-corrected chi connectivity index (χ4v) is 6.27. The molecule has 1 atom stereocenters. The number of carbonyl (C=O) groups is 3. The van der Waals surface area contributed by atoms with Crippen LogP contribution in [-0.4, -0.2) is 84.2 Å². The maximum atomic E-state index is 13.4. The molecule has 0 spiro atoms. The molecule has 18 heteroatoms. The van der Waals surface area contributed by atoms with Gasteiger partial charge in [-0.25, -0.2) is 0 Å². The molecular formula is C38H43ClF3N9O5. The zero-order valence-electron chi connectivity index (χ0n) is 30.4. The lowest BCUT2D eigenvalue weighted by molar-refractivity contribution is -0.154. The molecule has 298 valence electrons.